The summed E-state index contributed by atoms with van der Waals surface area (Å²) in [7, 11) is 1.09. The fourth-order valence-electron chi connectivity index (χ4n) is 5.29. The maximum Gasteiger partial charge on any atom is 0.510 e. The number of methoxy groups -OCH3 is 1. The van der Waals surface area contributed by atoms with Gasteiger partial charge in [-0.05, 0) is 36.6 Å². The van der Waals surface area contributed by atoms with Crippen molar-refractivity contribution in [1.82, 2.24) is 14.7 Å². The molecule has 0 N–H and O–H groups in total. The van der Waals surface area contributed by atoms with Gasteiger partial charge in [-0.15, -0.1) is 0 Å². The Bertz CT molecular complexity index is 1460. The molecule has 0 bridgehead atoms. The van der Waals surface area contributed by atoms with Crippen molar-refractivity contribution in [3.63, 3.8) is 0 Å². The van der Waals surface area contributed by atoms with Gasteiger partial charge in [-0.1, -0.05) is 24.3 Å². The summed E-state index contributed by atoms with van der Waals surface area (Å²) in [6, 6.07) is 7.80. The zero-order chi connectivity index (χ0) is 27.0. The summed E-state index contributed by atoms with van der Waals surface area (Å²) in [6.07, 6.45) is 0.972. The monoisotopic (exact) mass is 529 g/mol. The van der Waals surface area contributed by atoms with E-state index >= 15 is 4.39 Å². The number of fused-ring (bicyclic) bond motifs is 2. The molecule has 2 aliphatic heterocycles. The molecule has 3 atom stereocenters. The van der Waals surface area contributed by atoms with Crippen LogP contribution in [0, 0.1) is 17.5 Å². The summed E-state index contributed by atoms with van der Waals surface area (Å²) in [5.74, 6) is -4.78. The first-order chi connectivity index (χ1) is 18.3. The number of benzene rings is 2. The number of rotatable bonds is 6. The molecular formula is C26H22F3N3O6. The van der Waals surface area contributed by atoms with E-state index in [4.69, 9.17) is 9.47 Å². The lowest BCUT2D eigenvalue weighted by molar-refractivity contribution is 0.0126. The Morgan fingerprint density at radius 1 is 1.16 bits per heavy atom. The van der Waals surface area contributed by atoms with Gasteiger partial charge in [0.25, 0.3) is 5.91 Å². The average molecular weight is 529 g/mol. The summed E-state index contributed by atoms with van der Waals surface area (Å²) in [5, 5.41) is 4.21. The van der Waals surface area contributed by atoms with Crippen LogP contribution in [0.3, 0.4) is 0 Å². The fraction of sp³-hybridized carbons (Fsp3) is 0.308. The molecule has 1 fully saturated rings. The van der Waals surface area contributed by atoms with Gasteiger partial charge in [-0.3, -0.25) is 14.3 Å². The lowest BCUT2D eigenvalue weighted by Crippen LogP contribution is -2.51. The fourth-order valence-corrected chi connectivity index (χ4v) is 5.29. The van der Waals surface area contributed by atoms with Crippen LogP contribution < -0.4 is 10.2 Å². The van der Waals surface area contributed by atoms with Gasteiger partial charge < -0.3 is 19.1 Å². The molecule has 5 rings (SSSR count). The summed E-state index contributed by atoms with van der Waals surface area (Å²) in [6.45, 7) is -0.394. The third-order valence-corrected chi connectivity index (χ3v) is 6.82. The molecular weight excluding hydrogens is 507 g/mol. The molecule has 12 heteroatoms. The Morgan fingerprint density at radius 2 is 1.95 bits per heavy atom. The van der Waals surface area contributed by atoms with Crippen molar-refractivity contribution in [3.8, 4) is 5.75 Å². The van der Waals surface area contributed by atoms with Crippen molar-refractivity contribution >= 4 is 12.1 Å². The molecule has 198 valence electrons. The summed E-state index contributed by atoms with van der Waals surface area (Å²) >= 11 is 0. The molecule has 3 aromatic rings. The zero-order valence-electron chi connectivity index (χ0n) is 20.1. The van der Waals surface area contributed by atoms with E-state index in [2.05, 4.69) is 9.84 Å². The van der Waals surface area contributed by atoms with E-state index in [1.165, 1.54) is 39.9 Å². The van der Waals surface area contributed by atoms with Crippen molar-refractivity contribution in [2.24, 2.45) is 0 Å². The molecule has 2 aliphatic rings. The van der Waals surface area contributed by atoms with E-state index in [1.54, 1.807) is 6.07 Å². The number of nitrogens with zero attached hydrogens (tertiary/aromatic N) is 3. The third-order valence-electron chi connectivity index (χ3n) is 6.82. The maximum absolute atomic E-state index is 15.3. The van der Waals surface area contributed by atoms with E-state index in [9.17, 15) is 23.2 Å². The van der Waals surface area contributed by atoms with Gasteiger partial charge in [0.15, 0.2) is 17.3 Å². The van der Waals surface area contributed by atoms with E-state index in [0.717, 1.165) is 19.4 Å². The van der Waals surface area contributed by atoms with Gasteiger partial charge >= 0.3 is 6.16 Å². The Kier molecular flexibility index (Phi) is 6.79. The van der Waals surface area contributed by atoms with Crippen molar-refractivity contribution in [1.29, 1.82) is 0 Å². The maximum atomic E-state index is 15.3. The minimum Gasteiger partial charge on any atom is -0.451 e. The summed E-state index contributed by atoms with van der Waals surface area (Å²) < 4.78 is 59.9. The van der Waals surface area contributed by atoms with Crippen molar-refractivity contribution in [3.05, 3.63) is 93.2 Å². The molecule has 1 amide bonds. The van der Waals surface area contributed by atoms with Crippen LogP contribution in [0.15, 0.2) is 53.5 Å². The first-order valence-electron chi connectivity index (χ1n) is 11.8. The molecule has 3 heterocycles. The minimum absolute atomic E-state index is 0.0651. The number of amides is 1. The van der Waals surface area contributed by atoms with Gasteiger partial charge in [0.1, 0.15) is 5.82 Å². The highest BCUT2D eigenvalue weighted by atomic mass is 19.2. The molecule has 0 aliphatic carbocycles. The third kappa shape index (κ3) is 4.35. The lowest BCUT2D eigenvalue weighted by atomic mass is 9.79. The summed E-state index contributed by atoms with van der Waals surface area (Å²) in [5.41, 5.74) is -0.741. The molecule has 1 aromatic heterocycles. The predicted molar refractivity (Wildman–Crippen MR) is 125 cm³/mol. The van der Waals surface area contributed by atoms with E-state index in [0.29, 0.717) is 24.9 Å². The molecule has 1 saturated heterocycles. The van der Waals surface area contributed by atoms with Crippen molar-refractivity contribution in [2.45, 2.75) is 30.8 Å². The standard InChI is InChI=1S/C26H22F3N3O6/c1-36-26(35)38-13-37-24-19(33)12-30-32-22(18-9-4-10-31(18)25(34)23(24)32)20(14-5-2-6-15(27)11-14)16-7-3-8-17(28)21(16)29/h2-3,5-8,11-12,18,20,22H,4,9-10,13H2,1H3/t18-,20?,22-/m1/s1. The van der Waals surface area contributed by atoms with Gasteiger partial charge in [0, 0.05) is 18.0 Å². The Labute approximate surface area is 214 Å². The topological polar surface area (TPSA) is 100.0 Å². The number of hydrogen-bond acceptors (Lipinski definition) is 7. The van der Waals surface area contributed by atoms with Gasteiger partial charge in [0.2, 0.25) is 18.0 Å². The first kappa shape index (κ1) is 25.3. The number of ether oxygens (including phenoxy) is 3. The van der Waals surface area contributed by atoms with E-state index < -0.39 is 65.5 Å². The van der Waals surface area contributed by atoms with Crippen molar-refractivity contribution in [2.75, 3.05) is 20.4 Å². The quantitative estimate of drug-likeness (QED) is 0.354. The number of aromatic nitrogens is 2. The van der Waals surface area contributed by atoms with Crippen LogP contribution in [0.25, 0.3) is 0 Å². The van der Waals surface area contributed by atoms with Crippen LogP contribution in [0.1, 0.15) is 46.4 Å². The largest absolute Gasteiger partial charge is 0.510 e. The number of carbonyl (C=O) groups excluding carboxylic acids is 2. The predicted octanol–water partition coefficient (Wildman–Crippen LogP) is 3.77. The highest BCUT2D eigenvalue weighted by Crippen LogP contribution is 2.46. The Balaban J connectivity index is 1.72. The van der Waals surface area contributed by atoms with Crippen LogP contribution in [0.5, 0.6) is 5.75 Å². The van der Waals surface area contributed by atoms with Crippen LogP contribution in [-0.4, -0.2) is 53.2 Å². The Morgan fingerprint density at radius 3 is 2.71 bits per heavy atom. The van der Waals surface area contributed by atoms with Crippen molar-refractivity contribution < 1.29 is 37.0 Å². The zero-order valence-corrected chi connectivity index (χ0v) is 20.1. The van der Waals surface area contributed by atoms with E-state index in [-0.39, 0.29) is 11.3 Å². The van der Waals surface area contributed by atoms with Gasteiger partial charge in [-0.25, -0.2) is 18.0 Å². The lowest BCUT2D eigenvalue weighted by Gasteiger charge is -2.42. The van der Waals surface area contributed by atoms with Crippen LogP contribution in [0.4, 0.5) is 18.0 Å². The Hall–Kier alpha value is -4.35. The molecule has 0 saturated carbocycles. The molecule has 38 heavy (non-hydrogen) atoms. The second-order valence-corrected chi connectivity index (χ2v) is 8.87. The normalized spacial score (nSPS) is 18.9. The van der Waals surface area contributed by atoms with Crippen LogP contribution in [-0.2, 0) is 9.47 Å². The molecule has 0 radical (unpaired) electrons. The summed E-state index contributed by atoms with van der Waals surface area (Å²) in [4.78, 5) is 39.2. The second-order valence-electron chi connectivity index (χ2n) is 8.87. The van der Waals surface area contributed by atoms with Crippen LogP contribution in [0.2, 0.25) is 0 Å². The van der Waals surface area contributed by atoms with Gasteiger partial charge in [0.05, 0.1) is 25.4 Å². The second kappa shape index (κ2) is 10.2. The minimum atomic E-state index is -1.12. The molecule has 2 aromatic carbocycles. The van der Waals surface area contributed by atoms with Gasteiger partial charge in [-0.2, -0.15) is 5.10 Å². The van der Waals surface area contributed by atoms with Crippen LogP contribution >= 0.6 is 0 Å². The molecule has 9 nitrogen and oxygen atoms in total. The molecule has 1 unspecified atom stereocenters. The number of halogens is 3. The SMILES string of the molecule is COC(=O)OCOc1c2n(ncc1=O)[C@@H](C(c1cccc(F)c1)c1cccc(F)c1F)[C@H]1CCCN1C2=O. The molecule has 0 spiro atoms. The number of carbonyl (C=O) groups is 2. The first-order valence-corrected chi connectivity index (χ1v) is 11.8. The highest BCUT2D eigenvalue weighted by molar-refractivity contribution is 5.96. The van der Waals surface area contributed by atoms with E-state index in [1.807, 2.05) is 0 Å². The smallest absolute Gasteiger partial charge is 0.451 e. The number of hydrogen-bond donors (Lipinski definition) is 0. The highest BCUT2D eigenvalue weighted by Gasteiger charge is 2.49. The average Bonchev–Trinajstić information content (AvgIpc) is 3.39.